The summed E-state index contributed by atoms with van der Waals surface area (Å²) in [5, 5.41) is 4.57. The number of carbonyl (C=O) groups is 2. The van der Waals surface area contributed by atoms with E-state index in [0.29, 0.717) is 23.5 Å². The summed E-state index contributed by atoms with van der Waals surface area (Å²) in [5.74, 6) is -0.715. The molecule has 22 heavy (non-hydrogen) atoms. The lowest BCUT2D eigenvalue weighted by Gasteiger charge is -2.37. The van der Waals surface area contributed by atoms with Gasteiger partial charge in [-0.2, -0.15) is 0 Å². The normalized spacial score (nSPS) is 14.5. The van der Waals surface area contributed by atoms with Crippen molar-refractivity contribution in [2.24, 2.45) is 5.92 Å². The highest BCUT2D eigenvalue weighted by Gasteiger charge is 2.36. The van der Waals surface area contributed by atoms with Gasteiger partial charge in [0.25, 0.3) is 5.91 Å². The lowest BCUT2D eigenvalue weighted by Crippen LogP contribution is -2.55. The first-order valence-electron chi connectivity index (χ1n) is 6.99. The van der Waals surface area contributed by atoms with Crippen molar-refractivity contribution in [3.05, 3.63) is 58.0 Å². The van der Waals surface area contributed by atoms with Gasteiger partial charge in [0.15, 0.2) is 0 Å². The van der Waals surface area contributed by atoms with Gasteiger partial charge in [0.05, 0.1) is 10.8 Å². The third-order valence-electron chi connectivity index (χ3n) is 3.68. The first kappa shape index (κ1) is 14.7. The standard InChI is InChI=1S/C16H15FN2O2S/c17-13-5-2-1-4-11(13)8-18-15(20)12-9-19(10-12)16(21)14-6-3-7-22-14/h1-7,12H,8-10H2,(H,18,20). The number of likely N-dealkylation sites (tertiary alicyclic amines) is 1. The molecule has 4 nitrogen and oxygen atoms in total. The SMILES string of the molecule is O=C(NCc1ccccc1F)C1CN(C(=O)c2cccs2)C1. The zero-order valence-corrected chi connectivity index (χ0v) is 12.6. The van der Waals surface area contributed by atoms with E-state index in [2.05, 4.69) is 5.32 Å². The van der Waals surface area contributed by atoms with Crippen molar-refractivity contribution in [2.45, 2.75) is 6.54 Å². The molecular formula is C16H15FN2O2S. The van der Waals surface area contributed by atoms with Crippen molar-refractivity contribution in [2.75, 3.05) is 13.1 Å². The van der Waals surface area contributed by atoms with E-state index in [4.69, 9.17) is 0 Å². The van der Waals surface area contributed by atoms with Crippen LogP contribution in [0.25, 0.3) is 0 Å². The van der Waals surface area contributed by atoms with Gasteiger partial charge in [-0.05, 0) is 17.5 Å². The predicted octanol–water partition coefficient (Wildman–Crippen LogP) is 2.28. The topological polar surface area (TPSA) is 49.4 Å². The molecule has 1 fully saturated rings. The summed E-state index contributed by atoms with van der Waals surface area (Å²) < 4.78 is 13.5. The lowest BCUT2D eigenvalue weighted by atomic mass is 9.98. The average Bonchev–Trinajstić information content (AvgIpc) is 2.99. The minimum absolute atomic E-state index is 0.0341. The maximum Gasteiger partial charge on any atom is 0.263 e. The summed E-state index contributed by atoms with van der Waals surface area (Å²) in [6.45, 7) is 1.00. The number of carbonyl (C=O) groups excluding carboxylic acids is 2. The number of nitrogens with one attached hydrogen (secondary N) is 1. The van der Waals surface area contributed by atoms with Crippen LogP contribution in [0.3, 0.4) is 0 Å². The molecule has 3 rings (SSSR count). The van der Waals surface area contributed by atoms with E-state index in [-0.39, 0.29) is 30.1 Å². The van der Waals surface area contributed by atoms with E-state index in [1.165, 1.54) is 17.4 Å². The van der Waals surface area contributed by atoms with Crippen LogP contribution in [0.5, 0.6) is 0 Å². The second kappa shape index (κ2) is 6.27. The van der Waals surface area contributed by atoms with Crippen LogP contribution in [0.1, 0.15) is 15.2 Å². The monoisotopic (exact) mass is 318 g/mol. The summed E-state index contributed by atoms with van der Waals surface area (Å²) in [6.07, 6.45) is 0. The molecule has 114 valence electrons. The van der Waals surface area contributed by atoms with E-state index in [9.17, 15) is 14.0 Å². The highest BCUT2D eigenvalue weighted by molar-refractivity contribution is 7.12. The summed E-state index contributed by atoms with van der Waals surface area (Å²) in [7, 11) is 0. The Hall–Kier alpha value is -2.21. The number of thiophene rings is 1. The molecule has 6 heteroatoms. The van der Waals surface area contributed by atoms with Gasteiger partial charge < -0.3 is 10.2 Å². The smallest absolute Gasteiger partial charge is 0.263 e. The van der Waals surface area contributed by atoms with Crippen LogP contribution in [0.4, 0.5) is 4.39 Å². The van der Waals surface area contributed by atoms with Gasteiger partial charge in [0, 0.05) is 25.2 Å². The Kier molecular flexibility index (Phi) is 4.20. The number of halogens is 1. The molecule has 2 amide bonds. The molecular weight excluding hydrogens is 303 g/mol. The van der Waals surface area contributed by atoms with E-state index in [1.54, 1.807) is 29.2 Å². The molecule has 2 aromatic rings. The van der Waals surface area contributed by atoms with Crippen molar-refractivity contribution < 1.29 is 14.0 Å². The number of benzene rings is 1. The molecule has 0 unspecified atom stereocenters. The molecule has 0 bridgehead atoms. The van der Waals surface area contributed by atoms with Crippen LogP contribution in [-0.4, -0.2) is 29.8 Å². The number of hydrogen-bond donors (Lipinski definition) is 1. The first-order valence-corrected chi connectivity index (χ1v) is 7.87. The molecule has 1 aliphatic rings. The fourth-order valence-electron chi connectivity index (χ4n) is 2.33. The molecule has 1 N–H and O–H groups in total. The third-order valence-corrected chi connectivity index (χ3v) is 4.54. The molecule has 0 aliphatic carbocycles. The predicted molar refractivity (Wildman–Crippen MR) is 82.0 cm³/mol. The van der Waals surface area contributed by atoms with Crippen LogP contribution >= 0.6 is 11.3 Å². The molecule has 1 aliphatic heterocycles. The summed E-state index contributed by atoms with van der Waals surface area (Å²) in [5.41, 5.74) is 0.460. The fourth-order valence-corrected chi connectivity index (χ4v) is 3.03. The molecule has 0 saturated carbocycles. The number of rotatable bonds is 4. The largest absolute Gasteiger partial charge is 0.352 e. The summed E-state index contributed by atoms with van der Waals surface area (Å²) in [6, 6.07) is 9.96. The van der Waals surface area contributed by atoms with E-state index >= 15 is 0 Å². The number of amides is 2. The van der Waals surface area contributed by atoms with Gasteiger partial charge in [-0.3, -0.25) is 9.59 Å². The second-order valence-electron chi connectivity index (χ2n) is 5.19. The zero-order chi connectivity index (χ0) is 15.5. The molecule has 0 spiro atoms. The second-order valence-corrected chi connectivity index (χ2v) is 6.14. The summed E-state index contributed by atoms with van der Waals surface area (Å²) in [4.78, 5) is 26.4. The van der Waals surface area contributed by atoms with Crippen LogP contribution < -0.4 is 5.32 Å². The maximum absolute atomic E-state index is 13.5. The van der Waals surface area contributed by atoms with Crippen molar-refractivity contribution in [1.29, 1.82) is 0 Å². The van der Waals surface area contributed by atoms with Crippen LogP contribution in [0, 0.1) is 11.7 Å². The maximum atomic E-state index is 13.5. The fraction of sp³-hybridized carbons (Fsp3) is 0.250. The highest BCUT2D eigenvalue weighted by Crippen LogP contribution is 2.21. The van der Waals surface area contributed by atoms with E-state index in [1.807, 2.05) is 11.4 Å². The van der Waals surface area contributed by atoms with Crippen molar-refractivity contribution in [3.63, 3.8) is 0 Å². The van der Waals surface area contributed by atoms with Crippen molar-refractivity contribution in [3.8, 4) is 0 Å². The molecule has 0 atom stereocenters. The van der Waals surface area contributed by atoms with Crippen LogP contribution in [0.15, 0.2) is 41.8 Å². The van der Waals surface area contributed by atoms with Gasteiger partial charge in [0.2, 0.25) is 5.91 Å². The van der Waals surface area contributed by atoms with E-state index < -0.39 is 0 Å². The van der Waals surface area contributed by atoms with E-state index in [0.717, 1.165) is 0 Å². The van der Waals surface area contributed by atoms with Crippen LogP contribution in [0.2, 0.25) is 0 Å². The van der Waals surface area contributed by atoms with Gasteiger partial charge in [-0.25, -0.2) is 4.39 Å². The molecule has 2 heterocycles. The average molecular weight is 318 g/mol. The number of hydrogen-bond acceptors (Lipinski definition) is 3. The molecule has 1 aromatic heterocycles. The Bertz CT molecular complexity index is 681. The van der Waals surface area contributed by atoms with Gasteiger partial charge >= 0.3 is 0 Å². The van der Waals surface area contributed by atoms with Crippen LogP contribution in [-0.2, 0) is 11.3 Å². The number of nitrogens with zero attached hydrogens (tertiary/aromatic N) is 1. The van der Waals surface area contributed by atoms with Gasteiger partial charge in [0.1, 0.15) is 5.82 Å². The van der Waals surface area contributed by atoms with Gasteiger partial charge in [-0.15, -0.1) is 11.3 Å². The van der Waals surface area contributed by atoms with Crippen molar-refractivity contribution in [1.82, 2.24) is 10.2 Å². The first-order chi connectivity index (χ1) is 10.6. The highest BCUT2D eigenvalue weighted by atomic mass is 32.1. The third kappa shape index (κ3) is 3.01. The quantitative estimate of drug-likeness (QED) is 0.940. The molecule has 1 aromatic carbocycles. The Morgan fingerprint density at radius 2 is 2.00 bits per heavy atom. The van der Waals surface area contributed by atoms with Gasteiger partial charge in [-0.1, -0.05) is 24.3 Å². The minimum atomic E-state index is -0.328. The lowest BCUT2D eigenvalue weighted by molar-refractivity contribution is -0.129. The minimum Gasteiger partial charge on any atom is -0.352 e. The Morgan fingerprint density at radius 3 is 2.68 bits per heavy atom. The molecule has 0 radical (unpaired) electrons. The molecule has 1 saturated heterocycles. The Labute approximate surface area is 131 Å². The van der Waals surface area contributed by atoms with Crippen molar-refractivity contribution >= 4 is 23.2 Å². The zero-order valence-electron chi connectivity index (χ0n) is 11.8. The Balaban J connectivity index is 1.48. The summed E-state index contributed by atoms with van der Waals surface area (Å²) >= 11 is 1.39. The Morgan fingerprint density at radius 1 is 1.23 bits per heavy atom.